The second-order valence-electron chi connectivity index (χ2n) is 4.73. The molecule has 1 aliphatic heterocycles. The van der Waals surface area contributed by atoms with E-state index < -0.39 is 0 Å². The molecule has 1 rings (SSSR count). The van der Waals surface area contributed by atoms with E-state index >= 15 is 0 Å². The number of hydrogen-bond donors (Lipinski definition) is 1. The van der Waals surface area contributed by atoms with Crippen LogP contribution in [0.1, 0.15) is 39.5 Å². The van der Waals surface area contributed by atoms with E-state index in [0.717, 1.165) is 25.9 Å². The molecule has 1 fully saturated rings. The summed E-state index contributed by atoms with van der Waals surface area (Å²) in [5.74, 6) is 0.873. The first-order valence-electron chi connectivity index (χ1n) is 6.13. The summed E-state index contributed by atoms with van der Waals surface area (Å²) in [4.78, 5) is 13.9. The van der Waals surface area contributed by atoms with Crippen LogP contribution in [-0.2, 0) is 4.79 Å². The number of piperidine rings is 1. The Morgan fingerprint density at radius 2 is 2.27 bits per heavy atom. The molecular formula is C12H24N2O. The van der Waals surface area contributed by atoms with Gasteiger partial charge in [-0.2, -0.15) is 0 Å². The summed E-state index contributed by atoms with van der Waals surface area (Å²) in [5.41, 5.74) is 0. The van der Waals surface area contributed by atoms with Gasteiger partial charge in [0, 0.05) is 13.6 Å². The van der Waals surface area contributed by atoms with E-state index in [2.05, 4.69) is 19.2 Å². The van der Waals surface area contributed by atoms with E-state index in [1.54, 1.807) is 0 Å². The minimum atomic E-state index is 0.0767. The van der Waals surface area contributed by atoms with Crippen LogP contribution in [0.4, 0.5) is 0 Å². The first kappa shape index (κ1) is 12.5. The molecule has 1 saturated heterocycles. The molecule has 0 aromatic rings. The minimum absolute atomic E-state index is 0.0767. The van der Waals surface area contributed by atoms with Crippen molar-refractivity contribution in [2.45, 2.75) is 45.6 Å². The summed E-state index contributed by atoms with van der Waals surface area (Å²) in [5, 5.41) is 3.30. The van der Waals surface area contributed by atoms with Gasteiger partial charge in [-0.15, -0.1) is 0 Å². The van der Waals surface area contributed by atoms with Gasteiger partial charge in [0.05, 0.1) is 6.04 Å². The summed E-state index contributed by atoms with van der Waals surface area (Å²) in [6, 6.07) is 0.0767. The van der Waals surface area contributed by atoms with Gasteiger partial charge in [0.1, 0.15) is 0 Å². The van der Waals surface area contributed by atoms with Gasteiger partial charge in [0.2, 0.25) is 5.91 Å². The third-order valence-electron chi connectivity index (χ3n) is 3.27. The normalized spacial score (nSPS) is 23.5. The quantitative estimate of drug-likeness (QED) is 0.768. The molecule has 15 heavy (non-hydrogen) atoms. The molecule has 0 saturated carbocycles. The Bertz CT molecular complexity index is 200. The van der Waals surface area contributed by atoms with Crippen LogP contribution in [0.25, 0.3) is 0 Å². The van der Waals surface area contributed by atoms with Crippen LogP contribution < -0.4 is 5.32 Å². The smallest absolute Gasteiger partial charge is 0.239 e. The van der Waals surface area contributed by atoms with Crippen molar-refractivity contribution in [1.82, 2.24) is 10.2 Å². The lowest BCUT2D eigenvalue weighted by atomic mass is 10.0. The first-order valence-corrected chi connectivity index (χ1v) is 6.13. The van der Waals surface area contributed by atoms with Gasteiger partial charge in [-0.3, -0.25) is 4.79 Å². The van der Waals surface area contributed by atoms with Crippen LogP contribution >= 0.6 is 0 Å². The molecular weight excluding hydrogens is 188 g/mol. The van der Waals surface area contributed by atoms with Crippen molar-refractivity contribution in [3.05, 3.63) is 0 Å². The van der Waals surface area contributed by atoms with E-state index in [0.29, 0.717) is 5.92 Å². The monoisotopic (exact) mass is 212 g/mol. The first-order chi connectivity index (χ1) is 7.15. The highest BCUT2D eigenvalue weighted by Gasteiger charge is 2.23. The number of carbonyl (C=O) groups excluding carboxylic acids is 1. The van der Waals surface area contributed by atoms with Crippen molar-refractivity contribution in [3.8, 4) is 0 Å². The zero-order valence-corrected chi connectivity index (χ0v) is 10.3. The van der Waals surface area contributed by atoms with E-state index in [4.69, 9.17) is 0 Å². The van der Waals surface area contributed by atoms with Crippen LogP contribution in [-0.4, -0.2) is 37.0 Å². The number of amides is 1. The number of nitrogens with one attached hydrogen (secondary N) is 1. The lowest BCUT2D eigenvalue weighted by Crippen LogP contribution is -2.48. The number of rotatable bonds is 4. The van der Waals surface area contributed by atoms with E-state index in [1.807, 2.05) is 11.9 Å². The summed E-state index contributed by atoms with van der Waals surface area (Å²) >= 11 is 0. The molecule has 0 aliphatic carbocycles. The molecule has 0 spiro atoms. The Balaban J connectivity index is 2.37. The molecule has 1 amide bonds. The average molecular weight is 212 g/mol. The van der Waals surface area contributed by atoms with Crippen LogP contribution in [0, 0.1) is 5.92 Å². The average Bonchev–Trinajstić information content (AvgIpc) is 2.29. The van der Waals surface area contributed by atoms with Gasteiger partial charge in [-0.1, -0.05) is 26.7 Å². The highest BCUT2D eigenvalue weighted by Crippen LogP contribution is 2.11. The van der Waals surface area contributed by atoms with Crippen molar-refractivity contribution in [2.75, 3.05) is 20.1 Å². The SMILES string of the molecule is CCC(C)CN(C)C(=O)C1CCCCN1. The van der Waals surface area contributed by atoms with Crippen molar-refractivity contribution < 1.29 is 4.79 Å². The summed E-state index contributed by atoms with van der Waals surface area (Å²) in [6.45, 7) is 6.24. The summed E-state index contributed by atoms with van der Waals surface area (Å²) < 4.78 is 0. The standard InChI is InChI=1S/C12H24N2O/c1-4-10(2)9-14(3)12(15)11-7-5-6-8-13-11/h10-11,13H,4-9H2,1-3H3. The second-order valence-corrected chi connectivity index (χ2v) is 4.73. The van der Waals surface area contributed by atoms with Crippen molar-refractivity contribution in [3.63, 3.8) is 0 Å². The van der Waals surface area contributed by atoms with E-state index in [-0.39, 0.29) is 11.9 Å². The Kier molecular flexibility index (Phi) is 5.09. The van der Waals surface area contributed by atoms with Crippen molar-refractivity contribution in [1.29, 1.82) is 0 Å². The summed E-state index contributed by atoms with van der Waals surface area (Å²) in [6.07, 6.45) is 4.53. The molecule has 0 aromatic carbocycles. The minimum Gasteiger partial charge on any atom is -0.344 e. The maximum absolute atomic E-state index is 12.0. The van der Waals surface area contributed by atoms with E-state index in [9.17, 15) is 4.79 Å². The Morgan fingerprint density at radius 3 is 2.80 bits per heavy atom. The van der Waals surface area contributed by atoms with Gasteiger partial charge in [0.15, 0.2) is 0 Å². The molecule has 88 valence electrons. The van der Waals surface area contributed by atoms with Crippen LogP contribution in [0.15, 0.2) is 0 Å². The van der Waals surface area contributed by atoms with Gasteiger partial charge < -0.3 is 10.2 Å². The van der Waals surface area contributed by atoms with Gasteiger partial charge >= 0.3 is 0 Å². The van der Waals surface area contributed by atoms with Crippen LogP contribution in [0.2, 0.25) is 0 Å². The predicted octanol–water partition coefficient (Wildman–Crippen LogP) is 1.63. The number of nitrogens with zero attached hydrogens (tertiary/aromatic N) is 1. The fourth-order valence-corrected chi connectivity index (χ4v) is 2.02. The fraction of sp³-hybridized carbons (Fsp3) is 0.917. The molecule has 2 unspecified atom stereocenters. The van der Waals surface area contributed by atoms with Crippen molar-refractivity contribution in [2.24, 2.45) is 5.92 Å². The maximum Gasteiger partial charge on any atom is 0.239 e. The molecule has 1 heterocycles. The third kappa shape index (κ3) is 3.82. The van der Waals surface area contributed by atoms with Crippen LogP contribution in [0.5, 0.6) is 0 Å². The molecule has 0 aromatic heterocycles. The fourth-order valence-electron chi connectivity index (χ4n) is 2.02. The molecule has 3 heteroatoms. The predicted molar refractivity (Wildman–Crippen MR) is 62.7 cm³/mol. The maximum atomic E-state index is 12.0. The zero-order valence-electron chi connectivity index (χ0n) is 10.3. The lowest BCUT2D eigenvalue weighted by Gasteiger charge is -2.28. The second kappa shape index (κ2) is 6.11. The number of hydrogen-bond acceptors (Lipinski definition) is 2. The highest BCUT2D eigenvalue weighted by atomic mass is 16.2. The Morgan fingerprint density at radius 1 is 1.53 bits per heavy atom. The lowest BCUT2D eigenvalue weighted by molar-refractivity contribution is -0.133. The Hall–Kier alpha value is -0.570. The third-order valence-corrected chi connectivity index (χ3v) is 3.27. The van der Waals surface area contributed by atoms with Crippen molar-refractivity contribution >= 4 is 5.91 Å². The molecule has 3 nitrogen and oxygen atoms in total. The van der Waals surface area contributed by atoms with Crippen LogP contribution in [0.3, 0.4) is 0 Å². The highest BCUT2D eigenvalue weighted by molar-refractivity contribution is 5.81. The van der Waals surface area contributed by atoms with E-state index in [1.165, 1.54) is 12.8 Å². The molecule has 2 atom stereocenters. The largest absolute Gasteiger partial charge is 0.344 e. The van der Waals surface area contributed by atoms with Gasteiger partial charge in [0.25, 0.3) is 0 Å². The topological polar surface area (TPSA) is 32.3 Å². The molecule has 1 N–H and O–H groups in total. The number of carbonyl (C=O) groups is 1. The Labute approximate surface area is 93.2 Å². The summed E-state index contributed by atoms with van der Waals surface area (Å²) in [7, 11) is 1.92. The zero-order chi connectivity index (χ0) is 11.3. The van der Waals surface area contributed by atoms with Gasteiger partial charge in [-0.25, -0.2) is 0 Å². The molecule has 1 aliphatic rings. The number of likely N-dealkylation sites (N-methyl/N-ethyl adjacent to an activating group) is 1. The molecule has 0 bridgehead atoms. The van der Waals surface area contributed by atoms with Gasteiger partial charge in [-0.05, 0) is 25.3 Å². The molecule has 0 radical (unpaired) electrons.